The molecular formula is C20H31N3O2. The zero-order chi connectivity index (χ0) is 18.6. The highest BCUT2D eigenvalue weighted by atomic mass is 16.2. The van der Waals surface area contributed by atoms with E-state index in [4.69, 9.17) is 0 Å². The molecule has 5 nitrogen and oxygen atoms in total. The van der Waals surface area contributed by atoms with Crippen LogP contribution in [-0.2, 0) is 11.2 Å². The number of anilines is 1. The van der Waals surface area contributed by atoms with Crippen molar-refractivity contribution in [2.45, 2.75) is 58.4 Å². The fraction of sp³-hybridized carbons (Fsp3) is 0.600. The van der Waals surface area contributed by atoms with Crippen molar-refractivity contribution in [1.29, 1.82) is 0 Å². The average molecular weight is 345 g/mol. The molecule has 0 unspecified atom stereocenters. The first-order valence-electron chi connectivity index (χ1n) is 9.27. The van der Waals surface area contributed by atoms with Crippen LogP contribution in [-0.4, -0.2) is 48.4 Å². The molecule has 3 amide bonds. The van der Waals surface area contributed by atoms with Gasteiger partial charge in [0.2, 0.25) is 5.91 Å². The molecule has 1 fully saturated rings. The zero-order valence-electron chi connectivity index (χ0n) is 16.1. The summed E-state index contributed by atoms with van der Waals surface area (Å²) in [5, 5.41) is 3.13. The van der Waals surface area contributed by atoms with Crippen molar-refractivity contribution < 1.29 is 9.59 Å². The van der Waals surface area contributed by atoms with Crippen molar-refractivity contribution in [2.75, 3.05) is 26.0 Å². The van der Waals surface area contributed by atoms with Crippen LogP contribution in [0.5, 0.6) is 0 Å². The topological polar surface area (TPSA) is 52.7 Å². The minimum Gasteiger partial charge on any atom is -0.347 e. The summed E-state index contributed by atoms with van der Waals surface area (Å²) in [6.45, 7) is 7.03. The molecule has 0 saturated carbocycles. The van der Waals surface area contributed by atoms with Crippen molar-refractivity contribution >= 4 is 17.6 Å². The third-order valence-corrected chi connectivity index (χ3v) is 4.80. The standard InChI is InChI=1S/C20H31N3O2/c1-6-9-15-10-7-11-16(14(2)3)18(15)21-20(25)23-13-8-12-17(23)19(24)22(4)5/h7,10-11,14,17H,6,8-9,12-13H2,1-5H3,(H,21,25)/t17-/m0/s1. The van der Waals surface area contributed by atoms with Gasteiger partial charge in [0.15, 0.2) is 0 Å². The average Bonchev–Trinajstić information content (AvgIpc) is 3.05. The second kappa shape index (κ2) is 8.37. The molecule has 0 aromatic heterocycles. The largest absolute Gasteiger partial charge is 0.347 e. The number of aryl methyl sites for hydroxylation is 1. The molecule has 1 N–H and O–H groups in total. The summed E-state index contributed by atoms with van der Waals surface area (Å²) in [6.07, 6.45) is 3.55. The highest BCUT2D eigenvalue weighted by Gasteiger charge is 2.35. The number of benzene rings is 1. The lowest BCUT2D eigenvalue weighted by atomic mass is 9.96. The number of para-hydroxylation sites is 1. The molecule has 1 aromatic carbocycles. The van der Waals surface area contributed by atoms with Crippen LogP contribution in [0.4, 0.5) is 10.5 Å². The Labute approximate surface area is 151 Å². The predicted octanol–water partition coefficient (Wildman–Crippen LogP) is 3.85. The second-order valence-corrected chi connectivity index (χ2v) is 7.30. The molecule has 0 spiro atoms. The number of hydrogen-bond acceptors (Lipinski definition) is 2. The van der Waals surface area contributed by atoms with E-state index in [1.54, 1.807) is 23.9 Å². The van der Waals surface area contributed by atoms with Gasteiger partial charge in [0.25, 0.3) is 0 Å². The van der Waals surface area contributed by atoms with Crippen LogP contribution in [0.25, 0.3) is 0 Å². The van der Waals surface area contributed by atoms with Gasteiger partial charge in [-0.3, -0.25) is 4.79 Å². The third kappa shape index (κ3) is 4.33. The quantitative estimate of drug-likeness (QED) is 0.881. The van der Waals surface area contributed by atoms with E-state index in [9.17, 15) is 9.59 Å². The Morgan fingerprint density at radius 3 is 2.64 bits per heavy atom. The molecule has 1 aromatic rings. The minimum absolute atomic E-state index is 0.00132. The Morgan fingerprint density at radius 1 is 1.32 bits per heavy atom. The highest BCUT2D eigenvalue weighted by molar-refractivity contribution is 5.95. The molecular weight excluding hydrogens is 314 g/mol. The lowest BCUT2D eigenvalue weighted by Gasteiger charge is -2.27. The van der Waals surface area contributed by atoms with E-state index < -0.39 is 0 Å². The number of hydrogen-bond donors (Lipinski definition) is 1. The van der Waals surface area contributed by atoms with E-state index in [2.05, 4.69) is 44.3 Å². The Hall–Kier alpha value is -2.04. The maximum Gasteiger partial charge on any atom is 0.322 e. The molecule has 1 aliphatic rings. The van der Waals surface area contributed by atoms with Gasteiger partial charge in [0.1, 0.15) is 6.04 Å². The summed E-state index contributed by atoms with van der Waals surface area (Å²) >= 11 is 0. The van der Waals surface area contributed by atoms with Crippen molar-refractivity contribution in [3.8, 4) is 0 Å². The normalized spacial score (nSPS) is 17.0. The van der Waals surface area contributed by atoms with Crippen LogP contribution in [0.15, 0.2) is 18.2 Å². The van der Waals surface area contributed by atoms with Crippen LogP contribution in [0.3, 0.4) is 0 Å². The highest BCUT2D eigenvalue weighted by Crippen LogP contribution is 2.30. The van der Waals surface area contributed by atoms with Gasteiger partial charge in [-0.05, 0) is 36.3 Å². The number of likely N-dealkylation sites (N-methyl/N-ethyl adjacent to an activating group) is 1. The van der Waals surface area contributed by atoms with Gasteiger partial charge in [-0.15, -0.1) is 0 Å². The van der Waals surface area contributed by atoms with Crippen LogP contribution < -0.4 is 5.32 Å². The number of likely N-dealkylation sites (tertiary alicyclic amines) is 1. The number of amides is 3. The molecule has 1 aliphatic heterocycles. The summed E-state index contributed by atoms with van der Waals surface area (Å²) in [5.74, 6) is 0.323. The van der Waals surface area contributed by atoms with Gasteiger partial charge in [0, 0.05) is 26.3 Å². The number of carbonyl (C=O) groups is 2. The third-order valence-electron chi connectivity index (χ3n) is 4.80. The summed E-state index contributed by atoms with van der Waals surface area (Å²) in [5.41, 5.74) is 3.23. The fourth-order valence-electron chi connectivity index (χ4n) is 3.47. The molecule has 25 heavy (non-hydrogen) atoms. The molecule has 0 aliphatic carbocycles. The van der Waals surface area contributed by atoms with Crippen LogP contribution in [0.2, 0.25) is 0 Å². The first-order valence-corrected chi connectivity index (χ1v) is 9.27. The molecule has 1 saturated heterocycles. The van der Waals surface area contributed by atoms with Crippen LogP contribution >= 0.6 is 0 Å². The monoisotopic (exact) mass is 345 g/mol. The van der Waals surface area contributed by atoms with Crippen LogP contribution in [0, 0.1) is 0 Å². The smallest absolute Gasteiger partial charge is 0.322 e. The molecule has 1 atom stereocenters. The molecule has 5 heteroatoms. The lowest BCUT2D eigenvalue weighted by Crippen LogP contribution is -2.47. The van der Waals surface area contributed by atoms with E-state index in [-0.39, 0.29) is 18.0 Å². The molecule has 0 radical (unpaired) electrons. The molecule has 1 heterocycles. The molecule has 0 bridgehead atoms. The van der Waals surface area contributed by atoms with Gasteiger partial charge in [0.05, 0.1) is 0 Å². The van der Waals surface area contributed by atoms with Crippen molar-refractivity contribution in [3.05, 3.63) is 29.3 Å². The van der Waals surface area contributed by atoms with Gasteiger partial charge in [-0.25, -0.2) is 4.79 Å². The van der Waals surface area contributed by atoms with E-state index in [1.807, 2.05) is 0 Å². The number of rotatable bonds is 5. The molecule has 138 valence electrons. The zero-order valence-corrected chi connectivity index (χ0v) is 16.1. The summed E-state index contributed by atoms with van der Waals surface area (Å²) < 4.78 is 0. The van der Waals surface area contributed by atoms with E-state index in [0.29, 0.717) is 12.5 Å². The van der Waals surface area contributed by atoms with E-state index in [0.717, 1.165) is 42.5 Å². The van der Waals surface area contributed by atoms with Crippen molar-refractivity contribution in [1.82, 2.24) is 9.80 Å². The Bertz CT molecular complexity index is 625. The second-order valence-electron chi connectivity index (χ2n) is 7.30. The predicted molar refractivity (Wildman–Crippen MR) is 102 cm³/mol. The first-order chi connectivity index (χ1) is 11.9. The fourth-order valence-corrected chi connectivity index (χ4v) is 3.47. The number of urea groups is 1. The first kappa shape index (κ1) is 19.3. The van der Waals surface area contributed by atoms with Gasteiger partial charge in [-0.1, -0.05) is 45.4 Å². The number of carbonyl (C=O) groups excluding carboxylic acids is 2. The Balaban J connectivity index is 2.26. The SMILES string of the molecule is CCCc1cccc(C(C)C)c1NC(=O)N1CCC[C@H]1C(=O)N(C)C. The summed E-state index contributed by atoms with van der Waals surface area (Å²) in [7, 11) is 3.48. The van der Waals surface area contributed by atoms with Gasteiger partial charge >= 0.3 is 6.03 Å². The number of nitrogens with zero attached hydrogens (tertiary/aromatic N) is 2. The van der Waals surface area contributed by atoms with Crippen LogP contribution in [0.1, 0.15) is 57.1 Å². The maximum atomic E-state index is 12.9. The van der Waals surface area contributed by atoms with Crippen molar-refractivity contribution in [3.63, 3.8) is 0 Å². The lowest BCUT2D eigenvalue weighted by molar-refractivity contribution is -0.132. The number of nitrogens with one attached hydrogen (secondary N) is 1. The summed E-state index contributed by atoms with van der Waals surface area (Å²) in [4.78, 5) is 28.5. The Morgan fingerprint density at radius 2 is 2.04 bits per heavy atom. The van der Waals surface area contributed by atoms with E-state index >= 15 is 0 Å². The van der Waals surface area contributed by atoms with E-state index in [1.165, 1.54) is 0 Å². The van der Waals surface area contributed by atoms with Crippen molar-refractivity contribution in [2.24, 2.45) is 0 Å². The summed E-state index contributed by atoms with van der Waals surface area (Å²) in [6, 6.07) is 5.70. The minimum atomic E-state index is -0.351. The van der Waals surface area contributed by atoms with Gasteiger partial charge < -0.3 is 15.1 Å². The van der Waals surface area contributed by atoms with Gasteiger partial charge in [-0.2, -0.15) is 0 Å². The maximum absolute atomic E-state index is 12.9. The Kier molecular flexibility index (Phi) is 6.45. The molecule has 2 rings (SSSR count).